The Balaban J connectivity index is 2.95. The number of aryl methyl sites for hydroxylation is 1. The summed E-state index contributed by atoms with van der Waals surface area (Å²) in [7, 11) is 0. The first-order valence-electron chi connectivity index (χ1n) is 5.23. The molecular weight excluding hydrogens is 212 g/mol. The van der Waals surface area contributed by atoms with E-state index in [0.29, 0.717) is 12.5 Å². The van der Waals surface area contributed by atoms with Crippen LogP contribution in [0.15, 0.2) is 6.07 Å². The molecular formula is C11H17ClN2O. The average Bonchev–Trinajstić information content (AvgIpc) is 2.24. The molecule has 0 amide bonds. The van der Waals surface area contributed by atoms with Gasteiger partial charge in [0.25, 0.3) is 0 Å². The van der Waals surface area contributed by atoms with Gasteiger partial charge >= 0.3 is 0 Å². The summed E-state index contributed by atoms with van der Waals surface area (Å²) in [6.07, 6.45) is 0.857. The summed E-state index contributed by atoms with van der Waals surface area (Å²) in [6, 6.07) is 1.90. The highest BCUT2D eigenvalue weighted by Gasteiger charge is 2.13. The van der Waals surface area contributed by atoms with Crippen molar-refractivity contribution in [2.75, 3.05) is 6.61 Å². The van der Waals surface area contributed by atoms with Crippen molar-refractivity contribution >= 4 is 11.6 Å². The van der Waals surface area contributed by atoms with Crippen molar-refractivity contribution in [2.24, 2.45) is 0 Å². The Morgan fingerprint density at radius 3 is 2.67 bits per heavy atom. The molecule has 1 aromatic heterocycles. The summed E-state index contributed by atoms with van der Waals surface area (Å²) < 4.78 is 5.56. The predicted molar refractivity (Wildman–Crippen MR) is 61.0 cm³/mol. The lowest BCUT2D eigenvalue weighted by atomic mass is 10.2. The topological polar surface area (TPSA) is 35.0 Å². The largest absolute Gasteiger partial charge is 0.371 e. The van der Waals surface area contributed by atoms with E-state index in [1.54, 1.807) is 0 Å². The van der Waals surface area contributed by atoms with Crippen molar-refractivity contribution in [1.82, 2.24) is 9.97 Å². The molecule has 0 radical (unpaired) electrons. The molecule has 1 heterocycles. The fraction of sp³-hybridized carbons (Fsp3) is 0.636. The molecule has 84 valence electrons. The Morgan fingerprint density at radius 1 is 1.40 bits per heavy atom. The second-order valence-corrected chi connectivity index (χ2v) is 3.61. The molecule has 0 fully saturated rings. The molecule has 0 saturated heterocycles. The van der Waals surface area contributed by atoms with Crippen LogP contribution in [-0.2, 0) is 10.6 Å². The van der Waals surface area contributed by atoms with Crippen LogP contribution < -0.4 is 0 Å². The van der Waals surface area contributed by atoms with Gasteiger partial charge in [-0.25, -0.2) is 9.97 Å². The van der Waals surface area contributed by atoms with Crippen LogP contribution in [0.1, 0.15) is 43.6 Å². The Kier molecular flexibility index (Phi) is 4.99. The molecule has 15 heavy (non-hydrogen) atoms. The molecule has 0 bridgehead atoms. The molecule has 0 aliphatic carbocycles. The zero-order chi connectivity index (χ0) is 11.3. The lowest BCUT2D eigenvalue weighted by Crippen LogP contribution is -2.10. The summed E-state index contributed by atoms with van der Waals surface area (Å²) in [5.74, 6) is 1.16. The minimum Gasteiger partial charge on any atom is -0.371 e. The van der Waals surface area contributed by atoms with Crippen molar-refractivity contribution in [3.8, 4) is 0 Å². The molecule has 0 aliphatic heterocycles. The molecule has 0 N–H and O–H groups in total. The number of rotatable bonds is 5. The third-order valence-electron chi connectivity index (χ3n) is 2.09. The zero-order valence-electron chi connectivity index (χ0n) is 9.46. The van der Waals surface area contributed by atoms with Gasteiger partial charge in [-0.05, 0) is 26.3 Å². The van der Waals surface area contributed by atoms with Gasteiger partial charge in [0.1, 0.15) is 6.10 Å². The number of aromatic nitrogens is 2. The lowest BCUT2D eigenvalue weighted by molar-refractivity contribution is 0.0532. The summed E-state index contributed by atoms with van der Waals surface area (Å²) in [6.45, 7) is 6.65. The van der Waals surface area contributed by atoms with Gasteiger partial charge in [-0.2, -0.15) is 0 Å². The number of ether oxygens (including phenoxy) is 1. The Bertz CT molecular complexity index is 317. The van der Waals surface area contributed by atoms with Crippen LogP contribution >= 0.6 is 11.6 Å². The maximum absolute atomic E-state index is 5.76. The normalized spacial score (nSPS) is 12.8. The molecule has 1 aromatic rings. The smallest absolute Gasteiger partial charge is 0.157 e. The second kappa shape index (κ2) is 6.03. The van der Waals surface area contributed by atoms with Gasteiger partial charge in [-0.3, -0.25) is 0 Å². The van der Waals surface area contributed by atoms with Gasteiger partial charge in [0, 0.05) is 12.3 Å². The lowest BCUT2D eigenvalue weighted by Gasteiger charge is -2.14. The van der Waals surface area contributed by atoms with Crippen LogP contribution in [-0.4, -0.2) is 16.6 Å². The minimum atomic E-state index is -0.0168. The quantitative estimate of drug-likeness (QED) is 0.727. The van der Waals surface area contributed by atoms with E-state index in [1.807, 2.05) is 19.9 Å². The molecule has 3 nitrogen and oxygen atoms in total. The van der Waals surface area contributed by atoms with Crippen LogP contribution in [0.2, 0.25) is 0 Å². The maximum Gasteiger partial charge on any atom is 0.157 e. The summed E-state index contributed by atoms with van der Waals surface area (Å²) in [4.78, 5) is 8.75. The van der Waals surface area contributed by atoms with Crippen molar-refractivity contribution in [3.63, 3.8) is 0 Å². The van der Waals surface area contributed by atoms with Crippen molar-refractivity contribution in [3.05, 3.63) is 23.3 Å². The highest BCUT2D eigenvalue weighted by molar-refractivity contribution is 6.16. The van der Waals surface area contributed by atoms with E-state index >= 15 is 0 Å². The summed E-state index contributed by atoms with van der Waals surface area (Å²) in [5.41, 5.74) is 1.80. The molecule has 0 aliphatic rings. The van der Waals surface area contributed by atoms with E-state index < -0.39 is 0 Å². The summed E-state index contributed by atoms with van der Waals surface area (Å²) >= 11 is 5.76. The van der Waals surface area contributed by atoms with Crippen molar-refractivity contribution in [1.29, 1.82) is 0 Å². The first kappa shape index (κ1) is 12.4. The van der Waals surface area contributed by atoms with Crippen molar-refractivity contribution in [2.45, 2.75) is 39.2 Å². The van der Waals surface area contributed by atoms with Crippen LogP contribution in [0.25, 0.3) is 0 Å². The van der Waals surface area contributed by atoms with Gasteiger partial charge < -0.3 is 4.74 Å². The van der Waals surface area contributed by atoms with E-state index in [-0.39, 0.29) is 6.10 Å². The number of halogens is 1. The van der Waals surface area contributed by atoms with E-state index in [2.05, 4.69) is 16.9 Å². The van der Waals surface area contributed by atoms with E-state index in [0.717, 1.165) is 23.6 Å². The SMILES string of the molecule is CCOC(CC)c1nc(C)cc(CCl)n1. The zero-order valence-corrected chi connectivity index (χ0v) is 10.2. The fourth-order valence-corrected chi connectivity index (χ4v) is 1.58. The number of alkyl halides is 1. The third kappa shape index (κ3) is 3.43. The average molecular weight is 229 g/mol. The summed E-state index contributed by atoms with van der Waals surface area (Å²) in [5, 5.41) is 0. The maximum atomic E-state index is 5.76. The van der Waals surface area contributed by atoms with E-state index in [1.165, 1.54) is 0 Å². The Hall–Kier alpha value is -0.670. The van der Waals surface area contributed by atoms with Gasteiger partial charge in [-0.15, -0.1) is 11.6 Å². The van der Waals surface area contributed by atoms with Crippen LogP contribution in [0.4, 0.5) is 0 Å². The van der Waals surface area contributed by atoms with Crippen LogP contribution in [0, 0.1) is 6.92 Å². The van der Waals surface area contributed by atoms with Gasteiger partial charge in [-0.1, -0.05) is 6.92 Å². The first-order chi connectivity index (χ1) is 7.21. The minimum absolute atomic E-state index is 0.0168. The Morgan fingerprint density at radius 2 is 2.13 bits per heavy atom. The molecule has 0 spiro atoms. The highest BCUT2D eigenvalue weighted by atomic mass is 35.5. The predicted octanol–water partition coefficient (Wildman–Crippen LogP) is 3.01. The first-order valence-corrected chi connectivity index (χ1v) is 5.76. The number of hydrogen-bond acceptors (Lipinski definition) is 3. The van der Waals surface area contributed by atoms with E-state index in [4.69, 9.17) is 16.3 Å². The second-order valence-electron chi connectivity index (χ2n) is 3.34. The number of nitrogens with zero attached hydrogens (tertiary/aromatic N) is 2. The molecule has 0 aromatic carbocycles. The Labute approximate surface area is 95.8 Å². The van der Waals surface area contributed by atoms with Gasteiger partial charge in [0.15, 0.2) is 5.82 Å². The molecule has 1 unspecified atom stereocenters. The molecule has 4 heteroatoms. The molecule has 0 saturated carbocycles. The number of hydrogen-bond donors (Lipinski definition) is 0. The highest BCUT2D eigenvalue weighted by Crippen LogP contribution is 2.18. The molecule has 1 rings (SSSR count). The van der Waals surface area contributed by atoms with Gasteiger partial charge in [0.05, 0.1) is 11.6 Å². The van der Waals surface area contributed by atoms with E-state index in [9.17, 15) is 0 Å². The third-order valence-corrected chi connectivity index (χ3v) is 2.36. The van der Waals surface area contributed by atoms with Gasteiger partial charge in [0.2, 0.25) is 0 Å². The van der Waals surface area contributed by atoms with Crippen molar-refractivity contribution < 1.29 is 4.74 Å². The van der Waals surface area contributed by atoms with Crippen LogP contribution in [0.5, 0.6) is 0 Å². The molecule has 1 atom stereocenters. The van der Waals surface area contributed by atoms with Crippen LogP contribution in [0.3, 0.4) is 0 Å². The fourth-order valence-electron chi connectivity index (χ4n) is 1.45. The monoisotopic (exact) mass is 228 g/mol. The standard InChI is InChI=1S/C11H17ClN2O/c1-4-10(15-5-2)11-13-8(3)6-9(7-12)14-11/h6,10H,4-5,7H2,1-3H3.